The Morgan fingerprint density at radius 3 is 2.60 bits per heavy atom. The molecule has 0 heterocycles. The molecule has 0 saturated heterocycles. The van der Waals surface area contributed by atoms with E-state index in [1.165, 1.54) is 36.8 Å². The maximum atomic E-state index is 3.58. The molecule has 0 bridgehead atoms. The Morgan fingerprint density at radius 2 is 2.20 bits per heavy atom. The predicted molar refractivity (Wildman–Crippen MR) is 53.1 cm³/mol. The largest absolute Gasteiger partial charge is 0.165 e. The second-order valence-corrected chi connectivity index (χ2v) is 4.78. The SMILES string of the molecule is CSCCCC1(CBr)CC1. The molecule has 0 spiro atoms. The van der Waals surface area contributed by atoms with Crippen LogP contribution in [-0.4, -0.2) is 17.3 Å². The van der Waals surface area contributed by atoms with Crippen LogP contribution in [0.3, 0.4) is 0 Å². The van der Waals surface area contributed by atoms with E-state index in [0.29, 0.717) is 0 Å². The molecule has 0 aromatic carbocycles. The van der Waals surface area contributed by atoms with Gasteiger partial charge in [-0.05, 0) is 43.1 Å². The molecule has 2 heteroatoms. The van der Waals surface area contributed by atoms with Crippen molar-refractivity contribution < 1.29 is 0 Å². The summed E-state index contributed by atoms with van der Waals surface area (Å²) in [6, 6.07) is 0. The number of hydrogen-bond donors (Lipinski definition) is 0. The second-order valence-electron chi connectivity index (χ2n) is 3.23. The molecule has 1 aliphatic rings. The molecule has 0 unspecified atom stereocenters. The Balaban J connectivity index is 2.01. The normalized spacial score (nSPS) is 21.0. The minimum Gasteiger partial charge on any atom is -0.165 e. The molecule has 1 rings (SSSR count). The second kappa shape index (κ2) is 4.01. The van der Waals surface area contributed by atoms with Crippen molar-refractivity contribution in [2.24, 2.45) is 5.41 Å². The fraction of sp³-hybridized carbons (Fsp3) is 1.00. The van der Waals surface area contributed by atoms with Crippen LogP contribution in [0.5, 0.6) is 0 Å². The highest BCUT2D eigenvalue weighted by Crippen LogP contribution is 2.50. The molecule has 0 aromatic rings. The number of rotatable bonds is 5. The zero-order valence-corrected chi connectivity index (χ0v) is 8.93. The number of halogens is 1. The van der Waals surface area contributed by atoms with E-state index in [-0.39, 0.29) is 0 Å². The Hall–Kier alpha value is 0.830. The van der Waals surface area contributed by atoms with Gasteiger partial charge in [-0.25, -0.2) is 0 Å². The average molecular weight is 223 g/mol. The van der Waals surface area contributed by atoms with E-state index in [4.69, 9.17) is 0 Å². The van der Waals surface area contributed by atoms with Crippen LogP contribution >= 0.6 is 27.7 Å². The van der Waals surface area contributed by atoms with E-state index in [1.807, 2.05) is 11.8 Å². The smallest absolute Gasteiger partial charge is 0.00879 e. The van der Waals surface area contributed by atoms with Crippen LogP contribution in [0.1, 0.15) is 25.7 Å². The van der Waals surface area contributed by atoms with Crippen LogP contribution in [0.2, 0.25) is 0 Å². The van der Waals surface area contributed by atoms with Crippen LogP contribution in [0.15, 0.2) is 0 Å². The first-order valence-electron chi connectivity index (χ1n) is 3.88. The van der Waals surface area contributed by atoms with E-state index < -0.39 is 0 Å². The first-order valence-corrected chi connectivity index (χ1v) is 6.39. The Morgan fingerprint density at radius 1 is 1.50 bits per heavy atom. The minimum absolute atomic E-state index is 0.746. The van der Waals surface area contributed by atoms with Crippen LogP contribution in [-0.2, 0) is 0 Å². The molecular weight excluding hydrogens is 208 g/mol. The fourth-order valence-electron chi connectivity index (χ4n) is 1.22. The third-order valence-corrected chi connectivity index (χ3v) is 4.18. The Labute approximate surface area is 76.3 Å². The highest BCUT2D eigenvalue weighted by atomic mass is 79.9. The van der Waals surface area contributed by atoms with Gasteiger partial charge in [0.25, 0.3) is 0 Å². The van der Waals surface area contributed by atoms with E-state index in [9.17, 15) is 0 Å². The van der Waals surface area contributed by atoms with Gasteiger partial charge in [0.1, 0.15) is 0 Å². The van der Waals surface area contributed by atoms with Crippen molar-refractivity contribution in [3.05, 3.63) is 0 Å². The van der Waals surface area contributed by atoms with Crippen molar-refractivity contribution >= 4 is 27.7 Å². The highest BCUT2D eigenvalue weighted by Gasteiger charge is 2.40. The predicted octanol–water partition coefficient (Wildman–Crippen LogP) is 3.30. The molecule has 60 valence electrons. The maximum absolute atomic E-state index is 3.58. The lowest BCUT2D eigenvalue weighted by Gasteiger charge is -2.08. The van der Waals surface area contributed by atoms with Gasteiger partial charge in [-0.2, -0.15) is 11.8 Å². The van der Waals surface area contributed by atoms with Gasteiger partial charge >= 0.3 is 0 Å². The third-order valence-electron chi connectivity index (χ3n) is 2.30. The summed E-state index contributed by atoms with van der Waals surface area (Å²) in [5, 5.41) is 1.23. The molecule has 10 heavy (non-hydrogen) atoms. The lowest BCUT2D eigenvalue weighted by atomic mass is 10.0. The molecule has 0 nitrogen and oxygen atoms in total. The van der Waals surface area contributed by atoms with Gasteiger partial charge in [-0.15, -0.1) is 0 Å². The van der Waals surface area contributed by atoms with Crippen molar-refractivity contribution in [2.75, 3.05) is 17.3 Å². The van der Waals surface area contributed by atoms with E-state index >= 15 is 0 Å². The van der Waals surface area contributed by atoms with E-state index in [0.717, 1.165) is 5.41 Å². The molecule has 0 aliphatic heterocycles. The summed E-state index contributed by atoms with van der Waals surface area (Å²) >= 11 is 5.54. The zero-order chi connectivity index (χ0) is 7.45. The Kier molecular flexibility index (Phi) is 3.58. The summed E-state index contributed by atoms with van der Waals surface area (Å²) in [7, 11) is 0. The van der Waals surface area contributed by atoms with Crippen LogP contribution in [0, 0.1) is 5.41 Å². The van der Waals surface area contributed by atoms with Gasteiger partial charge < -0.3 is 0 Å². The summed E-state index contributed by atoms with van der Waals surface area (Å²) in [5.41, 5.74) is 0.746. The summed E-state index contributed by atoms with van der Waals surface area (Å²) in [4.78, 5) is 0. The zero-order valence-electron chi connectivity index (χ0n) is 6.53. The topological polar surface area (TPSA) is 0 Å². The molecule has 0 radical (unpaired) electrons. The molecule has 1 saturated carbocycles. The standard InChI is InChI=1S/C8H15BrS/c1-10-6-2-3-8(7-9)4-5-8/h2-7H2,1H3. The average Bonchev–Trinajstić information content (AvgIpc) is 2.70. The first kappa shape index (κ1) is 8.92. The highest BCUT2D eigenvalue weighted by molar-refractivity contribution is 9.09. The van der Waals surface area contributed by atoms with Crippen molar-refractivity contribution in [1.82, 2.24) is 0 Å². The summed E-state index contributed by atoms with van der Waals surface area (Å²) < 4.78 is 0. The molecule has 0 amide bonds. The molecule has 0 N–H and O–H groups in total. The van der Waals surface area contributed by atoms with E-state index in [1.54, 1.807) is 0 Å². The van der Waals surface area contributed by atoms with Gasteiger partial charge in [-0.3, -0.25) is 0 Å². The number of thioether (sulfide) groups is 1. The summed E-state index contributed by atoms with van der Waals surface area (Å²) in [6.45, 7) is 0. The summed E-state index contributed by atoms with van der Waals surface area (Å²) in [6.07, 6.45) is 7.97. The molecule has 0 aromatic heterocycles. The lowest BCUT2D eigenvalue weighted by molar-refractivity contribution is 0.526. The van der Waals surface area contributed by atoms with Crippen molar-refractivity contribution in [3.63, 3.8) is 0 Å². The molecular formula is C8H15BrS. The van der Waals surface area contributed by atoms with Crippen LogP contribution < -0.4 is 0 Å². The Bertz CT molecular complexity index is 99.4. The van der Waals surface area contributed by atoms with Crippen molar-refractivity contribution in [2.45, 2.75) is 25.7 Å². The molecule has 1 fully saturated rings. The molecule has 1 aliphatic carbocycles. The molecule has 0 atom stereocenters. The monoisotopic (exact) mass is 222 g/mol. The van der Waals surface area contributed by atoms with Crippen molar-refractivity contribution in [1.29, 1.82) is 0 Å². The summed E-state index contributed by atoms with van der Waals surface area (Å²) in [5.74, 6) is 1.34. The number of hydrogen-bond acceptors (Lipinski definition) is 1. The van der Waals surface area contributed by atoms with Crippen molar-refractivity contribution in [3.8, 4) is 0 Å². The first-order chi connectivity index (χ1) is 4.83. The van der Waals surface area contributed by atoms with Gasteiger partial charge in [0.2, 0.25) is 0 Å². The quantitative estimate of drug-likeness (QED) is 0.509. The fourth-order valence-corrected chi connectivity index (χ4v) is 2.49. The van der Waals surface area contributed by atoms with Gasteiger partial charge in [0.15, 0.2) is 0 Å². The minimum atomic E-state index is 0.746. The van der Waals surface area contributed by atoms with Gasteiger partial charge in [0.05, 0.1) is 0 Å². The number of alkyl halides is 1. The van der Waals surface area contributed by atoms with E-state index in [2.05, 4.69) is 22.2 Å². The third kappa shape index (κ3) is 2.46. The maximum Gasteiger partial charge on any atom is 0.00879 e. The van der Waals surface area contributed by atoms with Gasteiger partial charge in [0, 0.05) is 5.33 Å². The van der Waals surface area contributed by atoms with Crippen LogP contribution in [0.25, 0.3) is 0 Å². The van der Waals surface area contributed by atoms with Gasteiger partial charge in [-0.1, -0.05) is 15.9 Å². The lowest BCUT2D eigenvalue weighted by Crippen LogP contribution is -2.01. The van der Waals surface area contributed by atoms with Crippen LogP contribution in [0.4, 0.5) is 0 Å².